The zero-order valence-corrected chi connectivity index (χ0v) is 10.5. The molecule has 0 aliphatic heterocycles. The molecule has 16 heavy (non-hydrogen) atoms. The van der Waals surface area contributed by atoms with E-state index in [-0.39, 0.29) is 17.8 Å². The molecule has 0 atom stereocenters. The first-order chi connectivity index (χ1) is 7.52. The van der Waals surface area contributed by atoms with Crippen molar-refractivity contribution in [3.8, 4) is 0 Å². The summed E-state index contributed by atoms with van der Waals surface area (Å²) >= 11 is 1.29. The summed E-state index contributed by atoms with van der Waals surface area (Å²) in [5, 5.41) is 11.1. The summed E-state index contributed by atoms with van der Waals surface area (Å²) in [6.45, 7) is 4.76. The third-order valence-electron chi connectivity index (χ3n) is 1.57. The van der Waals surface area contributed by atoms with E-state index < -0.39 is 5.97 Å². The highest BCUT2D eigenvalue weighted by atomic mass is 32.2. The second kappa shape index (κ2) is 9.47. The Morgan fingerprint density at radius 2 is 2.12 bits per heavy atom. The molecule has 1 amide bonds. The van der Waals surface area contributed by atoms with Gasteiger partial charge in [-0.2, -0.15) is 0 Å². The van der Waals surface area contributed by atoms with Crippen molar-refractivity contribution < 1.29 is 19.4 Å². The molecule has 0 aromatic rings. The van der Waals surface area contributed by atoms with Crippen molar-refractivity contribution in [2.45, 2.75) is 26.4 Å². The Morgan fingerprint density at radius 3 is 2.69 bits per heavy atom. The number of hydrogen-bond donors (Lipinski definition) is 2. The van der Waals surface area contributed by atoms with Crippen molar-refractivity contribution in [2.24, 2.45) is 0 Å². The lowest BCUT2D eigenvalue weighted by Gasteiger charge is -2.07. The average molecular weight is 249 g/mol. The lowest BCUT2D eigenvalue weighted by molar-refractivity contribution is -0.133. The van der Waals surface area contributed by atoms with Gasteiger partial charge >= 0.3 is 5.97 Å². The Morgan fingerprint density at radius 1 is 1.44 bits per heavy atom. The fourth-order valence-electron chi connectivity index (χ4n) is 0.898. The number of nitrogens with one attached hydrogen (secondary N) is 1. The maximum atomic E-state index is 11.2. The van der Waals surface area contributed by atoms with Crippen LogP contribution in [-0.4, -0.2) is 47.7 Å². The number of ether oxygens (including phenoxy) is 1. The molecule has 0 aliphatic rings. The van der Waals surface area contributed by atoms with Gasteiger partial charge in [0.05, 0.1) is 18.5 Å². The molecule has 0 unspecified atom stereocenters. The molecule has 94 valence electrons. The average Bonchev–Trinajstić information content (AvgIpc) is 2.16. The number of amides is 1. The van der Waals surface area contributed by atoms with Crippen LogP contribution >= 0.6 is 11.8 Å². The van der Waals surface area contributed by atoms with E-state index in [1.165, 1.54) is 11.8 Å². The van der Waals surface area contributed by atoms with Crippen molar-refractivity contribution in [1.82, 2.24) is 5.32 Å². The molecule has 0 fully saturated rings. The summed E-state index contributed by atoms with van der Waals surface area (Å²) in [5.41, 5.74) is 0. The predicted molar refractivity (Wildman–Crippen MR) is 63.7 cm³/mol. The van der Waals surface area contributed by atoms with Gasteiger partial charge in [0.2, 0.25) is 5.91 Å². The number of carbonyl (C=O) groups excluding carboxylic acids is 1. The van der Waals surface area contributed by atoms with E-state index in [4.69, 9.17) is 9.84 Å². The van der Waals surface area contributed by atoms with Crippen LogP contribution in [0.4, 0.5) is 0 Å². The molecule has 0 bridgehead atoms. The summed E-state index contributed by atoms with van der Waals surface area (Å²) in [5.74, 6) is -0.201. The fourth-order valence-corrected chi connectivity index (χ4v) is 1.46. The van der Waals surface area contributed by atoms with Crippen LogP contribution in [0.2, 0.25) is 0 Å². The molecular weight excluding hydrogens is 230 g/mol. The quantitative estimate of drug-likeness (QED) is 0.589. The molecule has 5 nitrogen and oxygen atoms in total. The number of carboxylic acid groups (broad SMARTS) is 1. The van der Waals surface area contributed by atoms with E-state index in [2.05, 4.69) is 5.32 Å². The minimum Gasteiger partial charge on any atom is -0.481 e. The SMILES string of the molecule is CC(C)OCCC(=O)NCCSCC(=O)O. The summed E-state index contributed by atoms with van der Waals surface area (Å²) in [4.78, 5) is 21.4. The van der Waals surface area contributed by atoms with Gasteiger partial charge in [-0.25, -0.2) is 0 Å². The topological polar surface area (TPSA) is 75.6 Å². The van der Waals surface area contributed by atoms with Gasteiger partial charge in [-0.05, 0) is 13.8 Å². The molecule has 0 heterocycles. The van der Waals surface area contributed by atoms with Crippen LogP contribution in [0.1, 0.15) is 20.3 Å². The largest absolute Gasteiger partial charge is 0.481 e. The van der Waals surface area contributed by atoms with Gasteiger partial charge in [0.15, 0.2) is 0 Å². The molecule has 0 spiro atoms. The van der Waals surface area contributed by atoms with Crippen molar-refractivity contribution >= 4 is 23.6 Å². The minimum atomic E-state index is -0.832. The number of carbonyl (C=O) groups is 2. The standard InChI is InChI=1S/C10H19NO4S/c1-8(2)15-5-3-9(12)11-4-6-16-7-10(13)14/h8H,3-7H2,1-2H3,(H,11,12)(H,13,14). The molecule has 0 aliphatic carbocycles. The van der Waals surface area contributed by atoms with E-state index in [0.717, 1.165) is 0 Å². The Bertz CT molecular complexity index is 221. The predicted octanol–water partition coefficient (Wildman–Crippen LogP) is 0.735. The lowest BCUT2D eigenvalue weighted by Crippen LogP contribution is -2.27. The monoisotopic (exact) mass is 249 g/mol. The van der Waals surface area contributed by atoms with Crippen molar-refractivity contribution in [1.29, 1.82) is 0 Å². The zero-order chi connectivity index (χ0) is 12.4. The van der Waals surface area contributed by atoms with E-state index in [1.807, 2.05) is 13.8 Å². The van der Waals surface area contributed by atoms with Crippen molar-refractivity contribution in [3.63, 3.8) is 0 Å². The minimum absolute atomic E-state index is 0.0587. The number of aliphatic carboxylic acids is 1. The first-order valence-corrected chi connectivity index (χ1v) is 6.35. The van der Waals surface area contributed by atoms with Crippen LogP contribution in [-0.2, 0) is 14.3 Å². The smallest absolute Gasteiger partial charge is 0.313 e. The third-order valence-corrected chi connectivity index (χ3v) is 2.52. The van der Waals surface area contributed by atoms with Gasteiger partial charge in [0, 0.05) is 18.7 Å². The molecule has 2 N–H and O–H groups in total. The van der Waals surface area contributed by atoms with E-state index in [9.17, 15) is 9.59 Å². The van der Waals surface area contributed by atoms with Crippen LogP contribution < -0.4 is 5.32 Å². The van der Waals surface area contributed by atoms with Gasteiger partial charge in [0.25, 0.3) is 0 Å². The Hall–Kier alpha value is -0.750. The molecule has 0 aromatic heterocycles. The lowest BCUT2D eigenvalue weighted by atomic mass is 10.4. The summed E-state index contributed by atoms with van der Waals surface area (Å²) in [7, 11) is 0. The highest BCUT2D eigenvalue weighted by Crippen LogP contribution is 1.97. The Labute approximate surface area is 99.9 Å². The molecule has 6 heteroatoms. The molecule has 0 saturated heterocycles. The third kappa shape index (κ3) is 11.3. The van der Waals surface area contributed by atoms with E-state index >= 15 is 0 Å². The molecule has 0 saturated carbocycles. The highest BCUT2D eigenvalue weighted by molar-refractivity contribution is 7.99. The second-order valence-corrected chi connectivity index (χ2v) is 4.57. The summed E-state index contributed by atoms with van der Waals surface area (Å²) < 4.78 is 5.23. The van der Waals surface area contributed by atoms with Gasteiger partial charge in [-0.15, -0.1) is 11.8 Å². The maximum absolute atomic E-state index is 11.2. The van der Waals surface area contributed by atoms with Crippen molar-refractivity contribution in [3.05, 3.63) is 0 Å². The van der Waals surface area contributed by atoms with Crippen molar-refractivity contribution in [2.75, 3.05) is 24.7 Å². The summed E-state index contributed by atoms with van der Waals surface area (Å²) in [6, 6.07) is 0. The van der Waals surface area contributed by atoms with E-state index in [1.54, 1.807) is 0 Å². The molecular formula is C10H19NO4S. The fraction of sp³-hybridized carbons (Fsp3) is 0.800. The number of hydrogen-bond acceptors (Lipinski definition) is 4. The molecule has 0 rings (SSSR count). The summed E-state index contributed by atoms with van der Waals surface area (Å²) in [6.07, 6.45) is 0.487. The van der Waals surface area contributed by atoms with Crippen LogP contribution in [0.5, 0.6) is 0 Å². The first-order valence-electron chi connectivity index (χ1n) is 5.20. The first kappa shape index (κ1) is 15.2. The second-order valence-electron chi connectivity index (χ2n) is 3.47. The number of rotatable bonds is 9. The zero-order valence-electron chi connectivity index (χ0n) is 9.69. The Balaban J connectivity index is 3.27. The van der Waals surface area contributed by atoms with Crippen LogP contribution in [0.15, 0.2) is 0 Å². The number of carboxylic acids is 1. The Kier molecular flexibility index (Phi) is 9.03. The van der Waals surface area contributed by atoms with Gasteiger partial charge < -0.3 is 15.2 Å². The van der Waals surface area contributed by atoms with Gasteiger partial charge in [0.1, 0.15) is 0 Å². The van der Waals surface area contributed by atoms with Gasteiger partial charge in [-0.3, -0.25) is 9.59 Å². The highest BCUT2D eigenvalue weighted by Gasteiger charge is 2.02. The van der Waals surface area contributed by atoms with E-state index in [0.29, 0.717) is 25.3 Å². The van der Waals surface area contributed by atoms with Crippen LogP contribution in [0, 0.1) is 0 Å². The van der Waals surface area contributed by atoms with Gasteiger partial charge in [-0.1, -0.05) is 0 Å². The molecule has 0 radical (unpaired) electrons. The van der Waals surface area contributed by atoms with Crippen LogP contribution in [0.3, 0.4) is 0 Å². The number of thioether (sulfide) groups is 1. The maximum Gasteiger partial charge on any atom is 0.313 e. The van der Waals surface area contributed by atoms with Crippen LogP contribution in [0.25, 0.3) is 0 Å². The normalized spacial score (nSPS) is 10.4. The molecule has 0 aromatic carbocycles.